The highest BCUT2D eigenvalue weighted by Gasteiger charge is 2.23. The Kier molecular flexibility index (Phi) is 4.10. The molecule has 1 aliphatic heterocycles. The molecule has 1 aliphatic rings. The average Bonchev–Trinajstić information content (AvgIpc) is 2.67. The zero-order valence-electron chi connectivity index (χ0n) is 10.6. The van der Waals surface area contributed by atoms with E-state index in [0.29, 0.717) is 18.7 Å². The van der Waals surface area contributed by atoms with E-state index in [1.165, 1.54) is 0 Å². The summed E-state index contributed by atoms with van der Waals surface area (Å²) in [6.07, 6.45) is 0.896. The van der Waals surface area contributed by atoms with E-state index in [1.807, 2.05) is 19.1 Å². The molecule has 0 bridgehead atoms. The molecule has 2 rings (SSSR count). The van der Waals surface area contributed by atoms with Gasteiger partial charge in [-0.2, -0.15) is 0 Å². The molecule has 0 aromatic heterocycles. The Hall–Kier alpha value is -1.68. The fourth-order valence-electron chi connectivity index (χ4n) is 2.02. The lowest BCUT2D eigenvalue weighted by Gasteiger charge is -2.18. The summed E-state index contributed by atoms with van der Waals surface area (Å²) >= 11 is 0. The van der Waals surface area contributed by atoms with Crippen molar-refractivity contribution in [3.05, 3.63) is 35.4 Å². The molecular weight excluding hydrogens is 228 g/mol. The second-order valence-corrected chi connectivity index (χ2v) is 4.59. The number of hydrogen-bond acceptors (Lipinski definition) is 3. The van der Waals surface area contributed by atoms with Crippen LogP contribution in [-0.4, -0.2) is 42.8 Å². The second-order valence-electron chi connectivity index (χ2n) is 4.59. The quantitative estimate of drug-likeness (QED) is 0.625. The van der Waals surface area contributed by atoms with Gasteiger partial charge in [-0.3, -0.25) is 9.59 Å². The Balaban J connectivity index is 2.07. The first kappa shape index (κ1) is 12.8. The highest BCUT2D eigenvalue weighted by Crippen LogP contribution is 2.07. The molecule has 0 saturated carbocycles. The van der Waals surface area contributed by atoms with Crippen LogP contribution in [0, 0.1) is 6.92 Å². The molecule has 0 spiro atoms. The lowest BCUT2D eigenvalue weighted by molar-refractivity contribution is -0.126. The monoisotopic (exact) mass is 246 g/mol. The van der Waals surface area contributed by atoms with Gasteiger partial charge in [0.15, 0.2) is 0 Å². The first-order valence-electron chi connectivity index (χ1n) is 6.29. The molecule has 1 fully saturated rings. The van der Waals surface area contributed by atoms with Crippen molar-refractivity contribution in [2.24, 2.45) is 0 Å². The second kappa shape index (κ2) is 5.78. The molecule has 4 nitrogen and oxygen atoms in total. The van der Waals surface area contributed by atoms with Crippen LogP contribution < -0.4 is 5.32 Å². The van der Waals surface area contributed by atoms with E-state index in [9.17, 15) is 9.59 Å². The average molecular weight is 246 g/mol. The first-order valence-corrected chi connectivity index (χ1v) is 6.29. The van der Waals surface area contributed by atoms with E-state index in [2.05, 4.69) is 5.32 Å². The maximum absolute atomic E-state index is 12.1. The van der Waals surface area contributed by atoms with Crippen LogP contribution in [0.5, 0.6) is 0 Å². The molecule has 0 radical (unpaired) electrons. The van der Waals surface area contributed by atoms with Crippen molar-refractivity contribution in [3.63, 3.8) is 0 Å². The molecule has 1 aromatic rings. The zero-order chi connectivity index (χ0) is 13.0. The van der Waals surface area contributed by atoms with Crippen LogP contribution in [0.15, 0.2) is 24.3 Å². The number of carbonyl (C=O) groups is 2. The Labute approximate surface area is 107 Å². The maximum Gasteiger partial charge on any atom is 0.295 e. The fraction of sp³-hybridized carbons (Fsp3) is 0.429. The number of benzene rings is 1. The normalized spacial score (nSPS) is 16.2. The zero-order valence-corrected chi connectivity index (χ0v) is 10.6. The lowest BCUT2D eigenvalue weighted by atomic mass is 10.1. The van der Waals surface area contributed by atoms with E-state index in [-0.39, 0.29) is 5.91 Å². The lowest BCUT2D eigenvalue weighted by Crippen LogP contribution is -2.38. The van der Waals surface area contributed by atoms with E-state index >= 15 is 0 Å². The van der Waals surface area contributed by atoms with Crippen molar-refractivity contribution >= 4 is 11.7 Å². The van der Waals surface area contributed by atoms with E-state index in [1.54, 1.807) is 17.0 Å². The van der Waals surface area contributed by atoms with Crippen LogP contribution in [0.25, 0.3) is 0 Å². The van der Waals surface area contributed by atoms with Crippen LogP contribution in [-0.2, 0) is 4.79 Å². The predicted molar refractivity (Wildman–Crippen MR) is 69.6 cm³/mol. The van der Waals surface area contributed by atoms with Crippen LogP contribution in [0.1, 0.15) is 22.3 Å². The molecule has 0 unspecified atom stereocenters. The van der Waals surface area contributed by atoms with Crippen molar-refractivity contribution in [3.8, 4) is 0 Å². The number of amides is 1. The van der Waals surface area contributed by atoms with Gasteiger partial charge >= 0.3 is 0 Å². The SMILES string of the molecule is Cc1ccc(C(=O)C(=O)N2CCCNCC2)cc1. The number of Topliss-reactive ketones (excluding diaryl/α,β-unsaturated/α-hetero) is 1. The Morgan fingerprint density at radius 3 is 2.56 bits per heavy atom. The number of nitrogens with one attached hydrogen (secondary N) is 1. The van der Waals surface area contributed by atoms with Crippen molar-refractivity contribution < 1.29 is 9.59 Å². The fourth-order valence-corrected chi connectivity index (χ4v) is 2.02. The number of nitrogens with zero attached hydrogens (tertiary/aromatic N) is 1. The summed E-state index contributed by atoms with van der Waals surface area (Å²) in [4.78, 5) is 25.8. The summed E-state index contributed by atoms with van der Waals surface area (Å²) in [5.74, 6) is -0.792. The van der Waals surface area contributed by atoms with Gasteiger partial charge in [0.05, 0.1) is 0 Å². The van der Waals surface area contributed by atoms with Crippen LogP contribution in [0.4, 0.5) is 0 Å². The topological polar surface area (TPSA) is 49.4 Å². The van der Waals surface area contributed by atoms with E-state index in [0.717, 1.165) is 25.1 Å². The highest BCUT2D eigenvalue weighted by atomic mass is 16.2. The van der Waals surface area contributed by atoms with Crippen LogP contribution in [0.2, 0.25) is 0 Å². The number of hydrogen-bond donors (Lipinski definition) is 1. The van der Waals surface area contributed by atoms with Crippen molar-refractivity contribution in [1.29, 1.82) is 0 Å². The van der Waals surface area contributed by atoms with Gasteiger partial charge in [0.2, 0.25) is 5.78 Å². The third-order valence-corrected chi connectivity index (χ3v) is 3.14. The van der Waals surface area contributed by atoms with Crippen LogP contribution in [0.3, 0.4) is 0 Å². The highest BCUT2D eigenvalue weighted by molar-refractivity contribution is 6.42. The summed E-state index contributed by atoms with van der Waals surface area (Å²) in [7, 11) is 0. The molecule has 1 N–H and O–H groups in total. The number of rotatable bonds is 2. The van der Waals surface area contributed by atoms with Crippen LogP contribution >= 0.6 is 0 Å². The first-order chi connectivity index (χ1) is 8.68. The minimum Gasteiger partial charge on any atom is -0.334 e. The summed E-state index contributed by atoms with van der Waals surface area (Å²) in [6, 6.07) is 7.13. The van der Waals surface area contributed by atoms with Gasteiger partial charge in [0, 0.05) is 25.2 Å². The van der Waals surface area contributed by atoms with E-state index in [4.69, 9.17) is 0 Å². The van der Waals surface area contributed by atoms with Gasteiger partial charge in [-0.1, -0.05) is 29.8 Å². The van der Waals surface area contributed by atoms with Gasteiger partial charge in [0.25, 0.3) is 5.91 Å². The Morgan fingerprint density at radius 1 is 1.11 bits per heavy atom. The minimum atomic E-state index is -0.406. The van der Waals surface area contributed by atoms with Gasteiger partial charge in [-0.25, -0.2) is 0 Å². The molecule has 0 aliphatic carbocycles. The molecule has 0 atom stereocenters. The standard InChI is InChI=1S/C14H18N2O2/c1-11-3-5-12(6-4-11)13(17)14(18)16-9-2-7-15-8-10-16/h3-6,15H,2,7-10H2,1H3. The van der Waals surface area contributed by atoms with Gasteiger partial charge in [-0.15, -0.1) is 0 Å². The summed E-state index contributed by atoms with van der Waals surface area (Å²) in [5.41, 5.74) is 1.56. The third-order valence-electron chi connectivity index (χ3n) is 3.14. The number of aryl methyl sites for hydroxylation is 1. The molecule has 1 heterocycles. The summed E-state index contributed by atoms with van der Waals surface area (Å²) in [6.45, 7) is 4.88. The van der Waals surface area contributed by atoms with Crippen molar-refractivity contribution in [2.75, 3.05) is 26.2 Å². The van der Waals surface area contributed by atoms with Gasteiger partial charge in [0.1, 0.15) is 0 Å². The van der Waals surface area contributed by atoms with Gasteiger partial charge in [-0.05, 0) is 19.9 Å². The van der Waals surface area contributed by atoms with Crippen molar-refractivity contribution in [1.82, 2.24) is 10.2 Å². The third kappa shape index (κ3) is 2.96. The molecule has 4 heteroatoms. The molecule has 1 aromatic carbocycles. The number of carbonyl (C=O) groups excluding carboxylic acids is 2. The molecular formula is C14H18N2O2. The number of ketones is 1. The molecule has 18 heavy (non-hydrogen) atoms. The Morgan fingerprint density at radius 2 is 1.83 bits per heavy atom. The molecule has 96 valence electrons. The minimum absolute atomic E-state index is 0.387. The maximum atomic E-state index is 12.1. The smallest absolute Gasteiger partial charge is 0.295 e. The predicted octanol–water partition coefficient (Wildman–Crippen LogP) is 1.000. The van der Waals surface area contributed by atoms with Crippen molar-refractivity contribution in [2.45, 2.75) is 13.3 Å². The summed E-state index contributed by atoms with van der Waals surface area (Å²) < 4.78 is 0. The van der Waals surface area contributed by atoms with Gasteiger partial charge < -0.3 is 10.2 Å². The Bertz CT molecular complexity index is 432. The molecule has 1 saturated heterocycles. The van der Waals surface area contributed by atoms with E-state index < -0.39 is 5.78 Å². The largest absolute Gasteiger partial charge is 0.334 e. The summed E-state index contributed by atoms with van der Waals surface area (Å²) in [5, 5.41) is 3.21. The molecule has 1 amide bonds.